The van der Waals surface area contributed by atoms with E-state index in [0.29, 0.717) is 18.9 Å². The number of amides is 1. The molecule has 82 valence electrons. The number of piperidine rings is 1. The number of aliphatic hydroxyl groups is 1. The van der Waals surface area contributed by atoms with Gasteiger partial charge < -0.3 is 10.0 Å². The third-order valence-electron chi connectivity index (χ3n) is 2.80. The molecule has 0 aromatic heterocycles. The molecule has 1 fully saturated rings. The standard InChI is InChI=1S/C11H21NO2/c1-8(2)6-11(14)12-5-4-10(13)9(3)7-12/h8-10,13H,4-7H2,1-3H3. The van der Waals surface area contributed by atoms with Crippen LogP contribution in [0.4, 0.5) is 0 Å². The largest absolute Gasteiger partial charge is 0.393 e. The lowest BCUT2D eigenvalue weighted by molar-refractivity contribution is -0.135. The average molecular weight is 199 g/mol. The predicted molar refractivity (Wildman–Crippen MR) is 55.8 cm³/mol. The Hall–Kier alpha value is -0.570. The van der Waals surface area contributed by atoms with E-state index >= 15 is 0 Å². The van der Waals surface area contributed by atoms with Gasteiger partial charge in [-0.1, -0.05) is 20.8 Å². The third kappa shape index (κ3) is 2.98. The fraction of sp³-hybridized carbons (Fsp3) is 0.909. The Morgan fingerprint density at radius 2 is 2.21 bits per heavy atom. The second-order valence-electron chi connectivity index (χ2n) is 4.77. The first-order valence-corrected chi connectivity index (χ1v) is 5.46. The molecule has 0 aromatic rings. The molecule has 1 heterocycles. The number of hydrogen-bond donors (Lipinski definition) is 1. The van der Waals surface area contributed by atoms with Gasteiger partial charge >= 0.3 is 0 Å². The lowest BCUT2D eigenvalue weighted by Crippen LogP contribution is -2.45. The summed E-state index contributed by atoms with van der Waals surface area (Å²) in [5.74, 6) is 0.878. The van der Waals surface area contributed by atoms with E-state index in [1.165, 1.54) is 0 Å². The van der Waals surface area contributed by atoms with Gasteiger partial charge in [0.2, 0.25) is 5.91 Å². The normalized spacial score (nSPS) is 28.2. The van der Waals surface area contributed by atoms with Crippen LogP contribution in [0.2, 0.25) is 0 Å². The van der Waals surface area contributed by atoms with Crippen LogP contribution in [0.25, 0.3) is 0 Å². The number of likely N-dealkylation sites (tertiary alicyclic amines) is 1. The summed E-state index contributed by atoms with van der Waals surface area (Å²) in [6.07, 6.45) is 1.13. The zero-order valence-corrected chi connectivity index (χ0v) is 9.36. The molecular formula is C11H21NO2. The van der Waals surface area contributed by atoms with Crippen molar-refractivity contribution in [2.24, 2.45) is 11.8 Å². The van der Waals surface area contributed by atoms with Gasteiger partial charge in [0.05, 0.1) is 6.10 Å². The molecular weight excluding hydrogens is 178 g/mol. The maximum Gasteiger partial charge on any atom is 0.222 e. The van der Waals surface area contributed by atoms with Crippen molar-refractivity contribution >= 4 is 5.91 Å². The number of hydrogen-bond acceptors (Lipinski definition) is 2. The van der Waals surface area contributed by atoms with Crippen LogP contribution in [0.1, 0.15) is 33.6 Å². The van der Waals surface area contributed by atoms with Gasteiger partial charge in [0.25, 0.3) is 0 Å². The van der Waals surface area contributed by atoms with Gasteiger partial charge in [-0.3, -0.25) is 4.79 Å². The Labute approximate surface area is 86.1 Å². The van der Waals surface area contributed by atoms with Gasteiger partial charge in [0.15, 0.2) is 0 Å². The highest BCUT2D eigenvalue weighted by Gasteiger charge is 2.26. The number of nitrogens with zero attached hydrogens (tertiary/aromatic N) is 1. The quantitative estimate of drug-likeness (QED) is 0.727. The van der Waals surface area contributed by atoms with Crippen LogP contribution >= 0.6 is 0 Å². The highest BCUT2D eigenvalue weighted by Crippen LogP contribution is 2.18. The van der Waals surface area contributed by atoms with Crippen LogP contribution in [0.5, 0.6) is 0 Å². The summed E-state index contributed by atoms with van der Waals surface area (Å²) in [6.45, 7) is 7.55. The van der Waals surface area contributed by atoms with Crippen molar-refractivity contribution in [3.63, 3.8) is 0 Å². The zero-order chi connectivity index (χ0) is 10.7. The van der Waals surface area contributed by atoms with Crippen LogP contribution in [-0.4, -0.2) is 35.1 Å². The van der Waals surface area contributed by atoms with Gasteiger partial charge in [-0.25, -0.2) is 0 Å². The predicted octanol–water partition coefficient (Wildman–Crippen LogP) is 1.26. The summed E-state index contributed by atoms with van der Waals surface area (Å²) >= 11 is 0. The van der Waals surface area contributed by atoms with Crippen molar-refractivity contribution in [1.82, 2.24) is 4.90 Å². The first kappa shape index (κ1) is 11.5. The molecule has 0 saturated carbocycles. The lowest BCUT2D eigenvalue weighted by Gasteiger charge is -2.34. The first-order valence-electron chi connectivity index (χ1n) is 5.46. The lowest BCUT2D eigenvalue weighted by atomic mass is 9.96. The smallest absolute Gasteiger partial charge is 0.222 e. The molecule has 2 atom stereocenters. The van der Waals surface area contributed by atoms with Gasteiger partial charge in [-0.2, -0.15) is 0 Å². The van der Waals surface area contributed by atoms with Gasteiger partial charge in [0, 0.05) is 19.5 Å². The molecule has 3 heteroatoms. The Balaban J connectivity index is 2.42. The molecule has 0 radical (unpaired) electrons. The van der Waals surface area contributed by atoms with Crippen molar-refractivity contribution < 1.29 is 9.90 Å². The molecule has 1 N–H and O–H groups in total. The molecule has 1 aliphatic heterocycles. The zero-order valence-electron chi connectivity index (χ0n) is 9.36. The minimum absolute atomic E-state index is 0.222. The number of carbonyl (C=O) groups is 1. The Bertz CT molecular complexity index is 203. The van der Waals surface area contributed by atoms with E-state index in [9.17, 15) is 9.90 Å². The highest BCUT2D eigenvalue weighted by molar-refractivity contribution is 5.76. The van der Waals surface area contributed by atoms with Crippen LogP contribution < -0.4 is 0 Å². The van der Waals surface area contributed by atoms with E-state index in [1.807, 2.05) is 11.8 Å². The fourth-order valence-electron chi connectivity index (χ4n) is 1.84. The van der Waals surface area contributed by atoms with Gasteiger partial charge in [0.1, 0.15) is 0 Å². The maximum absolute atomic E-state index is 11.7. The van der Waals surface area contributed by atoms with Crippen LogP contribution in [0.15, 0.2) is 0 Å². The summed E-state index contributed by atoms with van der Waals surface area (Å²) < 4.78 is 0. The van der Waals surface area contributed by atoms with E-state index in [-0.39, 0.29) is 17.9 Å². The van der Waals surface area contributed by atoms with Crippen molar-refractivity contribution in [3.8, 4) is 0 Å². The minimum Gasteiger partial charge on any atom is -0.393 e. The topological polar surface area (TPSA) is 40.5 Å². The summed E-state index contributed by atoms with van der Waals surface area (Å²) in [6, 6.07) is 0. The molecule has 1 aliphatic rings. The minimum atomic E-state index is -0.224. The van der Waals surface area contributed by atoms with Crippen LogP contribution in [0.3, 0.4) is 0 Å². The summed E-state index contributed by atoms with van der Waals surface area (Å²) in [4.78, 5) is 13.6. The molecule has 3 nitrogen and oxygen atoms in total. The number of aliphatic hydroxyl groups excluding tert-OH is 1. The van der Waals surface area contributed by atoms with Gasteiger partial charge in [-0.05, 0) is 18.3 Å². The molecule has 1 rings (SSSR count). The Morgan fingerprint density at radius 1 is 1.57 bits per heavy atom. The number of rotatable bonds is 2. The van der Waals surface area contributed by atoms with E-state index in [1.54, 1.807) is 0 Å². The molecule has 2 unspecified atom stereocenters. The Morgan fingerprint density at radius 3 is 2.71 bits per heavy atom. The SMILES string of the molecule is CC(C)CC(=O)N1CCC(O)C(C)C1. The third-order valence-corrected chi connectivity index (χ3v) is 2.80. The van der Waals surface area contributed by atoms with Crippen molar-refractivity contribution in [2.75, 3.05) is 13.1 Å². The summed E-state index contributed by atoms with van der Waals surface area (Å²) in [5, 5.41) is 9.52. The molecule has 14 heavy (non-hydrogen) atoms. The second-order valence-corrected chi connectivity index (χ2v) is 4.77. The molecule has 1 amide bonds. The van der Waals surface area contributed by atoms with E-state index in [0.717, 1.165) is 13.0 Å². The molecule has 0 spiro atoms. The molecule has 0 bridgehead atoms. The van der Waals surface area contributed by atoms with Crippen LogP contribution in [-0.2, 0) is 4.79 Å². The van der Waals surface area contributed by atoms with E-state index < -0.39 is 0 Å². The van der Waals surface area contributed by atoms with E-state index in [2.05, 4.69) is 13.8 Å². The fourth-order valence-corrected chi connectivity index (χ4v) is 1.84. The molecule has 1 saturated heterocycles. The monoisotopic (exact) mass is 199 g/mol. The molecule has 0 aliphatic carbocycles. The molecule has 0 aromatic carbocycles. The van der Waals surface area contributed by atoms with Crippen molar-refractivity contribution in [2.45, 2.75) is 39.7 Å². The maximum atomic E-state index is 11.7. The first-order chi connectivity index (χ1) is 6.50. The average Bonchev–Trinajstić information content (AvgIpc) is 2.08. The van der Waals surface area contributed by atoms with Crippen molar-refractivity contribution in [1.29, 1.82) is 0 Å². The van der Waals surface area contributed by atoms with Gasteiger partial charge in [-0.15, -0.1) is 0 Å². The summed E-state index contributed by atoms with van der Waals surface area (Å²) in [5.41, 5.74) is 0. The Kier molecular flexibility index (Phi) is 3.93. The van der Waals surface area contributed by atoms with E-state index in [4.69, 9.17) is 0 Å². The van der Waals surface area contributed by atoms with Crippen LogP contribution in [0, 0.1) is 11.8 Å². The number of carbonyl (C=O) groups excluding carboxylic acids is 1. The second kappa shape index (κ2) is 4.78. The summed E-state index contributed by atoms with van der Waals surface area (Å²) in [7, 11) is 0. The van der Waals surface area contributed by atoms with Crippen molar-refractivity contribution in [3.05, 3.63) is 0 Å². The highest BCUT2D eigenvalue weighted by atomic mass is 16.3.